The monoisotopic (exact) mass is 370 g/mol. The lowest BCUT2D eigenvalue weighted by molar-refractivity contribution is 0.300. The van der Waals surface area contributed by atoms with Crippen LogP contribution in [0.4, 0.5) is 13.2 Å². The summed E-state index contributed by atoms with van der Waals surface area (Å²) in [6.45, 7) is 3.67. The van der Waals surface area contributed by atoms with Gasteiger partial charge in [-0.05, 0) is 48.2 Å². The molecule has 27 heavy (non-hydrogen) atoms. The van der Waals surface area contributed by atoms with Crippen LogP contribution >= 0.6 is 0 Å². The van der Waals surface area contributed by atoms with Crippen LogP contribution in [0.3, 0.4) is 0 Å². The maximum absolute atomic E-state index is 14.1. The summed E-state index contributed by atoms with van der Waals surface area (Å²) >= 11 is 0. The Morgan fingerprint density at radius 1 is 0.852 bits per heavy atom. The molecule has 0 unspecified atom stereocenters. The van der Waals surface area contributed by atoms with Crippen LogP contribution in [0.5, 0.6) is 5.75 Å². The molecule has 0 spiro atoms. The van der Waals surface area contributed by atoms with Crippen molar-refractivity contribution in [1.29, 1.82) is 0 Å². The zero-order chi connectivity index (χ0) is 19.4. The molecule has 3 rings (SSSR count). The fourth-order valence-corrected chi connectivity index (χ4v) is 2.91. The van der Waals surface area contributed by atoms with Crippen LogP contribution in [0.1, 0.15) is 30.0 Å². The van der Waals surface area contributed by atoms with Gasteiger partial charge in [-0.25, -0.2) is 13.2 Å². The van der Waals surface area contributed by atoms with Crippen molar-refractivity contribution in [2.75, 3.05) is 0 Å². The summed E-state index contributed by atoms with van der Waals surface area (Å²) in [7, 11) is 0. The summed E-state index contributed by atoms with van der Waals surface area (Å²) in [6, 6.07) is 14.9. The van der Waals surface area contributed by atoms with Crippen molar-refractivity contribution in [3.8, 4) is 16.9 Å². The van der Waals surface area contributed by atoms with Gasteiger partial charge in [-0.1, -0.05) is 49.7 Å². The van der Waals surface area contributed by atoms with Gasteiger partial charge in [0.25, 0.3) is 0 Å². The van der Waals surface area contributed by atoms with Gasteiger partial charge in [0.2, 0.25) is 0 Å². The minimum atomic E-state index is -0.863. The van der Waals surface area contributed by atoms with Gasteiger partial charge in [-0.2, -0.15) is 0 Å². The Kier molecular flexibility index (Phi) is 5.84. The molecule has 0 fully saturated rings. The standard InChI is InChI=1S/C23H21F3O/c1-3-4-16-6-7-18(21(24)13-16)14-27-19-10-8-17(9-11-19)20-12-5-15(2)22(25)23(20)26/h5-13H,3-4,14H2,1-2H3. The number of benzene rings is 3. The maximum Gasteiger partial charge on any atom is 0.166 e. The lowest BCUT2D eigenvalue weighted by Gasteiger charge is -2.10. The minimum Gasteiger partial charge on any atom is -0.489 e. The number of halogens is 3. The van der Waals surface area contributed by atoms with Crippen molar-refractivity contribution < 1.29 is 17.9 Å². The van der Waals surface area contributed by atoms with Crippen molar-refractivity contribution in [2.24, 2.45) is 0 Å². The number of rotatable bonds is 6. The van der Waals surface area contributed by atoms with Crippen LogP contribution < -0.4 is 4.74 Å². The molecule has 0 amide bonds. The quantitative estimate of drug-likeness (QED) is 0.474. The van der Waals surface area contributed by atoms with Gasteiger partial charge in [0.15, 0.2) is 11.6 Å². The second-order valence-electron chi connectivity index (χ2n) is 6.55. The molecule has 0 saturated carbocycles. The first-order chi connectivity index (χ1) is 13.0. The molecule has 0 heterocycles. The largest absolute Gasteiger partial charge is 0.489 e. The molecule has 0 aliphatic carbocycles. The predicted octanol–water partition coefficient (Wildman–Crippen LogP) is 6.61. The highest BCUT2D eigenvalue weighted by atomic mass is 19.2. The third-order valence-corrected chi connectivity index (χ3v) is 4.49. The van der Waals surface area contributed by atoms with Gasteiger partial charge in [-0.3, -0.25) is 0 Å². The Morgan fingerprint density at radius 2 is 1.59 bits per heavy atom. The Morgan fingerprint density at radius 3 is 2.26 bits per heavy atom. The summed E-state index contributed by atoms with van der Waals surface area (Å²) in [5.41, 5.74) is 2.46. The molecule has 0 atom stereocenters. The fourth-order valence-electron chi connectivity index (χ4n) is 2.91. The second kappa shape index (κ2) is 8.30. The zero-order valence-electron chi connectivity index (χ0n) is 15.4. The highest BCUT2D eigenvalue weighted by molar-refractivity contribution is 5.65. The molecule has 0 aliphatic heterocycles. The van der Waals surface area contributed by atoms with Crippen LogP contribution in [-0.4, -0.2) is 0 Å². The molecule has 0 aromatic heterocycles. The Hall–Kier alpha value is -2.75. The number of hydrogen-bond acceptors (Lipinski definition) is 1. The predicted molar refractivity (Wildman–Crippen MR) is 101 cm³/mol. The van der Waals surface area contributed by atoms with E-state index in [2.05, 4.69) is 6.92 Å². The van der Waals surface area contributed by atoms with E-state index in [0.29, 0.717) is 16.9 Å². The van der Waals surface area contributed by atoms with E-state index in [0.717, 1.165) is 18.4 Å². The van der Waals surface area contributed by atoms with Crippen LogP contribution in [0.2, 0.25) is 0 Å². The van der Waals surface area contributed by atoms with E-state index in [4.69, 9.17) is 4.74 Å². The molecular weight excluding hydrogens is 349 g/mol. The summed E-state index contributed by atoms with van der Waals surface area (Å²) in [5, 5.41) is 0. The summed E-state index contributed by atoms with van der Waals surface area (Å²) in [4.78, 5) is 0. The molecule has 0 aliphatic rings. The topological polar surface area (TPSA) is 9.23 Å². The van der Waals surface area contributed by atoms with Crippen LogP contribution in [0.15, 0.2) is 54.6 Å². The Balaban J connectivity index is 1.71. The van der Waals surface area contributed by atoms with Crippen molar-refractivity contribution >= 4 is 0 Å². The van der Waals surface area contributed by atoms with Gasteiger partial charge in [0, 0.05) is 11.1 Å². The number of hydrogen-bond donors (Lipinski definition) is 0. The van der Waals surface area contributed by atoms with Gasteiger partial charge in [0.05, 0.1) is 0 Å². The van der Waals surface area contributed by atoms with Crippen molar-refractivity contribution in [3.05, 3.63) is 88.7 Å². The van der Waals surface area contributed by atoms with E-state index in [1.165, 1.54) is 6.92 Å². The molecule has 0 radical (unpaired) electrons. The fraction of sp³-hybridized carbons (Fsp3) is 0.217. The zero-order valence-corrected chi connectivity index (χ0v) is 15.4. The Bertz CT molecular complexity index is 933. The third-order valence-electron chi connectivity index (χ3n) is 4.49. The molecule has 0 N–H and O–H groups in total. The average Bonchev–Trinajstić information content (AvgIpc) is 2.66. The van der Waals surface area contributed by atoms with Gasteiger partial charge in [-0.15, -0.1) is 0 Å². The SMILES string of the molecule is CCCc1ccc(COc2ccc(-c3ccc(C)c(F)c3F)cc2)c(F)c1. The highest BCUT2D eigenvalue weighted by Crippen LogP contribution is 2.28. The molecule has 0 saturated heterocycles. The third kappa shape index (κ3) is 4.33. The first-order valence-electron chi connectivity index (χ1n) is 8.94. The number of ether oxygens (including phenoxy) is 1. The smallest absolute Gasteiger partial charge is 0.166 e. The first kappa shape index (κ1) is 19.0. The molecule has 1 nitrogen and oxygen atoms in total. The lowest BCUT2D eigenvalue weighted by atomic mass is 10.0. The van der Waals surface area contributed by atoms with Gasteiger partial charge >= 0.3 is 0 Å². The van der Waals surface area contributed by atoms with Gasteiger partial charge < -0.3 is 4.74 Å². The van der Waals surface area contributed by atoms with E-state index in [-0.39, 0.29) is 23.6 Å². The lowest BCUT2D eigenvalue weighted by Crippen LogP contribution is -2.00. The molecule has 3 aromatic rings. The van der Waals surface area contributed by atoms with Crippen LogP contribution in [0, 0.1) is 24.4 Å². The van der Waals surface area contributed by atoms with Crippen molar-refractivity contribution in [3.63, 3.8) is 0 Å². The van der Waals surface area contributed by atoms with Crippen molar-refractivity contribution in [1.82, 2.24) is 0 Å². The first-order valence-corrected chi connectivity index (χ1v) is 8.94. The molecule has 140 valence electrons. The molecule has 4 heteroatoms. The highest BCUT2D eigenvalue weighted by Gasteiger charge is 2.12. The van der Waals surface area contributed by atoms with Crippen LogP contribution in [-0.2, 0) is 13.0 Å². The molecule has 3 aromatic carbocycles. The summed E-state index contributed by atoms with van der Waals surface area (Å²) in [5.74, 6) is -1.45. The summed E-state index contributed by atoms with van der Waals surface area (Å²) in [6.07, 6.45) is 1.81. The van der Waals surface area contributed by atoms with Crippen molar-refractivity contribution in [2.45, 2.75) is 33.3 Å². The maximum atomic E-state index is 14.1. The van der Waals surface area contributed by atoms with Gasteiger partial charge in [0.1, 0.15) is 18.2 Å². The average molecular weight is 370 g/mol. The van der Waals surface area contributed by atoms with E-state index in [9.17, 15) is 13.2 Å². The van der Waals surface area contributed by atoms with Crippen LogP contribution in [0.25, 0.3) is 11.1 Å². The minimum absolute atomic E-state index is 0.102. The molecule has 0 bridgehead atoms. The number of aryl methyl sites for hydroxylation is 2. The second-order valence-corrected chi connectivity index (χ2v) is 6.55. The Labute approximate surface area is 157 Å². The van der Waals surface area contributed by atoms with E-state index >= 15 is 0 Å². The van der Waals surface area contributed by atoms with E-state index in [1.807, 2.05) is 6.07 Å². The summed E-state index contributed by atoms with van der Waals surface area (Å²) < 4.78 is 47.6. The van der Waals surface area contributed by atoms with E-state index in [1.54, 1.807) is 48.5 Å². The normalized spacial score (nSPS) is 10.9. The molecular formula is C23H21F3O. The van der Waals surface area contributed by atoms with E-state index < -0.39 is 11.6 Å².